The van der Waals surface area contributed by atoms with Crippen LogP contribution in [0.15, 0.2) is 412 Å². The highest BCUT2D eigenvalue weighted by atomic mass is 79.9. The molecule has 37 heteroatoms. The Labute approximate surface area is 850 Å². The number of carbonyl (C=O) groups is 5. The summed E-state index contributed by atoms with van der Waals surface area (Å²) in [6, 6.07) is 105. The van der Waals surface area contributed by atoms with Gasteiger partial charge < -0.3 is 63.1 Å². The minimum atomic E-state index is -3.92. The average molecular weight is 2110 g/mol. The highest BCUT2D eigenvalue weighted by Gasteiger charge is 2.25. The van der Waals surface area contributed by atoms with Crippen molar-refractivity contribution in [2.45, 2.75) is 19.6 Å². The number of nitrogens with one attached hydrogen (secondary N) is 7. The summed E-state index contributed by atoms with van der Waals surface area (Å²) in [6.45, 7) is 0. The Hall–Kier alpha value is -17.7. The number of primary sulfonamides is 3. The Balaban J connectivity index is 0.000000146. The number of rotatable bonds is 26. The minimum absolute atomic E-state index is 0.00891. The number of hydrogen-bond donors (Lipinski definition) is 14. The number of amidine groups is 2. The predicted octanol–water partition coefficient (Wildman–Crippen LogP) is 20.8. The first-order valence-corrected chi connectivity index (χ1v) is 52.0. The number of nitrogens with zero attached hydrogens (tertiary/aromatic N) is 1. The third-order valence-corrected chi connectivity index (χ3v) is 27.6. The quantitative estimate of drug-likeness (QED) is 0.0177. The lowest BCUT2D eigenvalue weighted by atomic mass is 10.0. The van der Waals surface area contributed by atoms with Crippen molar-refractivity contribution in [1.29, 1.82) is 10.8 Å². The second kappa shape index (κ2) is 45.1. The molecule has 0 bridgehead atoms. The first-order chi connectivity index (χ1) is 69.8. The summed E-state index contributed by atoms with van der Waals surface area (Å²) in [7, 11) is -15.1. The molecule has 16 aromatic carbocycles. The molecule has 31 nitrogen and oxygen atoms in total. The van der Waals surface area contributed by atoms with Crippen LogP contribution in [0, 0.1) is 10.8 Å². The van der Waals surface area contributed by atoms with Gasteiger partial charge in [0.2, 0.25) is 30.1 Å². The van der Waals surface area contributed by atoms with Crippen LogP contribution in [0.3, 0.4) is 0 Å². The summed E-state index contributed by atoms with van der Waals surface area (Å²) in [5.74, 6) is 0.511. The number of halogens is 1. The highest BCUT2D eigenvalue weighted by molar-refractivity contribution is 9.10. The predicted molar refractivity (Wildman–Crippen MR) is 573 cm³/mol. The molecule has 0 radical (unpaired) electrons. The van der Waals surface area contributed by atoms with Crippen LogP contribution in [0.25, 0.3) is 66.1 Å². The number of sulfone groups is 1. The van der Waals surface area contributed by atoms with Crippen LogP contribution < -0.4 is 73.4 Å². The zero-order chi connectivity index (χ0) is 104. The molecule has 20 N–H and O–H groups in total. The van der Waals surface area contributed by atoms with E-state index in [0.29, 0.717) is 140 Å². The first-order valence-electron chi connectivity index (χ1n) is 43.8. The molecule has 0 unspecified atom stereocenters. The van der Waals surface area contributed by atoms with E-state index < -0.39 is 57.6 Å². The molecular formula is C109H87BrN14O17S5. The number of ether oxygens (including phenoxy) is 3. The number of aromatic hydroxyl groups is 1. The molecule has 0 aliphatic carbocycles. The van der Waals surface area contributed by atoms with Gasteiger partial charge in [0.1, 0.15) is 33.9 Å². The number of pyridine rings is 1. The number of nitrogen functional groups attached to an aromatic ring is 3. The molecule has 0 saturated heterocycles. The van der Waals surface area contributed by atoms with E-state index in [4.69, 9.17) is 57.6 Å². The molecule has 0 saturated carbocycles. The van der Waals surface area contributed by atoms with Crippen molar-refractivity contribution in [3.8, 4) is 84.8 Å². The number of amides is 5. The topological polar surface area (TPSA) is 547 Å². The number of thiophene rings is 1. The molecule has 0 spiro atoms. The minimum Gasteiger partial charge on any atom is -0.504 e. The maximum Gasteiger partial charge on any atom is 0.267 e. The Bertz CT molecular complexity index is 8600. The standard InChI is InChI=1S/C29H21BrN2O4S.C28H22N4O4S.C26H22N4O5S.C26H22N4O4S2/c30-23-15-13-22-18-24(16-14-21(22)17-23)36-27-7-3-2-6-26(27)32-29(33)20-11-9-19(10-12-20)25-5-1-4-8-28(25)37(31,34)35;29-27-23-17-21(14-13-19(23)15-16-31-27)36-25-7-3-2-6-24(25)32-28(33)20-11-9-18(10-12-20)22-5-1-4-8-26(22)37(30,34)35;27-25(28)18-13-14-21(31)23(15-18)35-22-7-3-2-6-20(22)30-26(32)17-11-9-16(10-12-17)19-5-1-4-8-24(19)36(29,33)34;1-36(33,34)22-8-3-2-7-20(22)16-9-11-17(12-10-16)25(31)30-21-13-14-35-23(21)26(32)29-19-6-4-5-18(15-19)24(27)28/h1-18H,(H,32,33)(H2,31,34,35);1-17H,(H2,29,31)(H,32,33)(H2,30,34,35);1-15,31H,(H3,27,28)(H,30,32)(H2,29,33,34);2-15H,1H3,(H3,27,28)(H,29,32)(H,30,31). The number of benzene rings is 16. The van der Waals surface area contributed by atoms with Crippen LogP contribution >= 0.6 is 27.3 Å². The number of anilines is 6. The smallest absolute Gasteiger partial charge is 0.267 e. The normalized spacial score (nSPS) is 11.2. The van der Waals surface area contributed by atoms with Crippen LogP contribution in [0.4, 0.5) is 34.3 Å². The monoisotopic (exact) mass is 2100 g/mol. The van der Waals surface area contributed by atoms with E-state index in [1.807, 2.05) is 66.7 Å². The Morgan fingerprint density at radius 3 is 1.14 bits per heavy atom. The Kier molecular flexibility index (Phi) is 31.7. The molecule has 0 aliphatic rings. The van der Waals surface area contributed by atoms with Gasteiger partial charge in [-0.2, -0.15) is 0 Å². The molecule has 0 atom stereocenters. The third kappa shape index (κ3) is 25.8. The van der Waals surface area contributed by atoms with Crippen molar-refractivity contribution >= 4 is 164 Å². The molecule has 0 fully saturated rings. The maximum absolute atomic E-state index is 13.0. The molecule has 732 valence electrons. The van der Waals surface area contributed by atoms with Crippen molar-refractivity contribution in [3.05, 3.63) is 430 Å². The number of hydrogen-bond acceptors (Lipinski definition) is 22. The van der Waals surface area contributed by atoms with Crippen molar-refractivity contribution in [2.75, 3.05) is 38.6 Å². The van der Waals surface area contributed by atoms with E-state index in [1.165, 1.54) is 47.7 Å². The number of sulfonamides is 3. The van der Waals surface area contributed by atoms with Crippen molar-refractivity contribution in [1.82, 2.24) is 4.98 Å². The lowest BCUT2D eigenvalue weighted by molar-refractivity contribution is 0.101. The van der Waals surface area contributed by atoms with E-state index in [-0.39, 0.29) is 60.3 Å². The number of aromatic nitrogens is 1. The van der Waals surface area contributed by atoms with Crippen molar-refractivity contribution in [3.63, 3.8) is 0 Å². The average Bonchev–Trinajstić information content (AvgIpc) is 0.923. The van der Waals surface area contributed by atoms with Gasteiger partial charge in [-0.1, -0.05) is 204 Å². The number of phenolic OH excluding ortho intramolecular Hbond substituents is 1. The van der Waals surface area contributed by atoms with Gasteiger partial charge in [0.25, 0.3) is 29.5 Å². The number of phenols is 1. The summed E-state index contributed by atoms with van der Waals surface area (Å²) >= 11 is 4.66. The number of fused-ring (bicyclic) bond motifs is 2. The van der Waals surface area contributed by atoms with Crippen LogP contribution in [0.5, 0.6) is 40.2 Å². The van der Waals surface area contributed by atoms with Crippen molar-refractivity contribution in [2.24, 2.45) is 26.9 Å². The molecule has 0 aliphatic heterocycles. The van der Waals surface area contributed by atoms with E-state index in [2.05, 4.69) is 47.5 Å². The van der Waals surface area contributed by atoms with Gasteiger partial charge in [0, 0.05) is 83.6 Å². The summed E-state index contributed by atoms with van der Waals surface area (Å²) in [5.41, 5.74) is 25.9. The Morgan fingerprint density at radius 1 is 0.342 bits per heavy atom. The van der Waals surface area contributed by atoms with Gasteiger partial charge in [0.15, 0.2) is 38.6 Å². The molecule has 18 rings (SSSR count). The fraction of sp³-hybridized carbons (Fsp3) is 0.00917. The summed E-state index contributed by atoms with van der Waals surface area (Å²) < 4.78 is 115. The number of carbonyl (C=O) groups excluding carboxylic acids is 5. The lowest BCUT2D eigenvalue weighted by Crippen LogP contribution is -2.17. The molecule has 18 aromatic rings. The molecule has 5 amide bonds. The number of nitrogens with two attached hydrogens (primary N) is 6. The van der Waals surface area contributed by atoms with E-state index in [9.17, 15) is 62.8 Å². The fourth-order valence-electron chi connectivity index (χ4n) is 15.0. The first kappa shape index (κ1) is 103. The molecule has 2 heterocycles. The summed E-state index contributed by atoms with van der Waals surface area (Å²) in [4.78, 5) is 69.3. The zero-order valence-electron chi connectivity index (χ0n) is 76.8. The Morgan fingerprint density at radius 2 is 0.705 bits per heavy atom. The third-order valence-electron chi connectivity index (χ3n) is 22.1. The summed E-state index contributed by atoms with van der Waals surface area (Å²) in [5, 5.41) is 60.9. The second-order valence-electron chi connectivity index (χ2n) is 32.3. The largest absolute Gasteiger partial charge is 0.504 e. The molecule has 2 aromatic heterocycles. The van der Waals surface area contributed by atoms with Gasteiger partial charge in [-0.05, 0) is 232 Å². The van der Waals surface area contributed by atoms with Crippen LogP contribution in [0.1, 0.15) is 62.2 Å². The fourth-order valence-corrected chi connectivity index (χ4v) is 19.3. The van der Waals surface area contributed by atoms with Gasteiger partial charge in [-0.15, -0.1) is 11.3 Å². The lowest BCUT2D eigenvalue weighted by Gasteiger charge is -2.14. The van der Waals surface area contributed by atoms with E-state index in [1.54, 1.807) is 285 Å². The summed E-state index contributed by atoms with van der Waals surface area (Å²) in [6.07, 6.45) is 2.80. The molecule has 146 heavy (non-hydrogen) atoms. The van der Waals surface area contributed by atoms with Gasteiger partial charge in [-0.25, -0.2) is 54.1 Å². The zero-order valence-corrected chi connectivity index (χ0v) is 82.4. The maximum atomic E-state index is 13.0. The molecular weight excluding hydrogens is 2020 g/mol. The van der Waals surface area contributed by atoms with Gasteiger partial charge in [0.05, 0.1) is 42.3 Å². The van der Waals surface area contributed by atoms with Gasteiger partial charge >= 0.3 is 0 Å². The highest BCUT2D eigenvalue weighted by Crippen LogP contribution is 2.41. The van der Waals surface area contributed by atoms with Crippen LogP contribution in [-0.2, 0) is 39.9 Å². The van der Waals surface area contributed by atoms with E-state index in [0.717, 1.165) is 32.3 Å². The number of para-hydroxylation sites is 6. The van der Waals surface area contributed by atoms with Crippen LogP contribution in [0.2, 0.25) is 0 Å². The second-order valence-corrected chi connectivity index (χ2v) is 40.7. The van der Waals surface area contributed by atoms with E-state index >= 15 is 0 Å². The van der Waals surface area contributed by atoms with Gasteiger partial charge in [-0.3, -0.25) is 34.8 Å². The van der Waals surface area contributed by atoms with Crippen LogP contribution in [-0.4, -0.2) is 91.2 Å². The SMILES string of the molecule is CS(=O)(=O)c1ccccc1-c1ccc(C(=O)Nc2ccsc2C(=O)Nc2cccc(C(=N)N)c2)cc1.N=C(N)c1ccc(O)c(Oc2ccccc2NC(=O)c2ccc(-c3ccccc3S(N)(=O)=O)cc2)c1.NS(=O)(=O)c1ccccc1-c1ccc(C(=O)Nc2ccccc2Oc2ccc3cc(Br)ccc3c2)cc1.Nc1nccc2ccc(Oc3ccccc3NC(=O)c3ccc(-c4ccccc4S(N)(=O)=O)cc3)cc12. The van der Waals surface area contributed by atoms with Crippen molar-refractivity contribution < 1.29 is 77.0 Å².